The highest BCUT2D eigenvalue weighted by Gasteiger charge is 1.90. The predicted molar refractivity (Wildman–Crippen MR) is 58.8 cm³/mol. The van der Waals surface area contributed by atoms with Crippen LogP contribution in [0.5, 0.6) is 0 Å². The molecule has 0 bridgehead atoms. The molecule has 0 saturated heterocycles. The Bertz CT molecular complexity index is 345. The molecular weight excluding hydrogens is 192 g/mol. The van der Waals surface area contributed by atoms with E-state index in [-0.39, 0.29) is 5.91 Å². The molecule has 0 aliphatic carbocycles. The van der Waals surface area contributed by atoms with Gasteiger partial charge in [-0.15, -0.1) is 10.2 Å². The minimum absolute atomic E-state index is 0.0179. The van der Waals surface area contributed by atoms with Crippen molar-refractivity contribution in [2.45, 2.75) is 13.3 Å². The maximum absolute atomic E-state index is 10.5. The molecule has 0 fully saturated rings. The second-order valence-electron chi connectivity index (χ2n) is 3.06. The Morgan fingerprint density at radius 3 is 2.93 bits per heavy atom. The van der Waals surface area contributed by atoms with Gasteiger partial charge in [-0.2, -0.15) is 0 Å². The quantitative estimate of drug-likeness (QED) is 0.707. The molecule has 0 unspecified atom stereocenters. The van der Waals surface area contributed by atoms with Crippen LogP contribution in [0.3, 0.4) is 0 Å². The molecule has 1 rings (SSSR count). The summed E-state index contributed by atoms with van der Waals surface area (Å²) >= 11 is 0. The topological polar surface area (TPSA) is 80.9 Å². The molecule has 0 atom stereocenters. The molecule has 0 spiro atoms. The second-order valence-corrected chi connectivity index (χ2v) is 3.06. The summed E-state index contributed by atoms with van der Waals surface area (Å²) < 4.78 is 0. The average molecular weight is 206 g/mol. The molecule has 1 heterocycles. The summed E-state index contributed by atoms with van der Waals surface area (Å²) in [5.41, 5.74) is 6.15. The van der Waals surface area contributed by atoms with Gasteiger partial charge < -0.3 is 11.1 Å². The standard InChI is InChI=1S/C10H14N4O/c1-8(15)12-7-3-2-4-9-5-6-10(11)14-13-9/h2,4-6H,3,7H2,1H3,(H2,11,14)(H,12,15). The minimum atomic E-state index is -0.0179. The van der Waals surface area contributed by atoms with Crippen LogP contribution >= 0.6 is 0 Å². The highest BCUT2D eigenvalue weighted by Crippen LogP contribution is 1.99. The van der Waals surface area contributed by atoms with Crippen molar-refractivity contribution < 1.29 is 4.79 Å². The van der Waals surface area contributed by atoms with E-state index in [9.17, 15) is 4.79 Å². The third-order valence-corrected chi connectivity index (χ3v) is 1.68. The molecule has 0 aliphatic heterocycles. The number of anilines is 1. The van der Waals surface area contributed by atoms with Crippen molar-refractivity contribution >= 4 is 17.8 Å². The van der Waals surface area contributed by atoms with Crippen LogP contribution in [-0.2, 0) is 4.79 Å². The Balaban J connectivity index is 2.32. The van der Waals surface area contributed by atoms with E-state index in [2.05, 4.69) is 15.5 Å². The number of hydrogen-bond donors (Lipinski definition) is 2. The Morgan fingerprint density at radius 2 is 2.33 bits per heavy atom. The van der Waals surface area contributed by atoms with Crippen molar-refractivity contribution in [3.8, 4) is 0 Å². The maximum atomic E-state index is 10.5. The van der Waals surface area contributed by atoms with Gasteiger partial charge in [0.15, 0.2) is 0 Å². The highest BCUT2D eigenvalue weighted by atomic mass is 16.1. The van der Waals surface area contributed by atoms with E-state index in [0.29, 0.717) is 12.4 Å². The van der Waals surface area contributed by atoms with Gasteiger partial charge in [-0.1, -0.05) is 6.08 Å². The fourth-order valence-electron chi connectivity index (χ4n) is 0.977. The summed E-state index contributed by atoms with van der Waals surface area (Å²) in [6.07, 6.45) is 4.54. The highest BCUT2D eigenvalue weighted by molar-refractivity contribution is 5.72. The summed E-state index contributed by atoms with van der Waals surface area (Å²) in [7, 11) is 0. The van der Waals surface area contributed by atoms with E-state index < -0.39 is 0 Å². The number of rotatable bonds is 4. The largest absolute Gasteiger partial charge is 0.382 e. The number of carbonyl (C=O) groups excluding carboxylic acids is 1. The van der Waals surface area contributed by atoms with Gasteiger partial charge in [-0.3, -0.25) is 4.79 Å². The lowest BCUT2D eigenvalue weighted by Gasteiger charge is -1.96. The van der Waals surface area contributed by atoms with Crippen molar-refractivity contribution in [1.29, 1.82) is 0 Å². The number of aromatic nitrogens is 2. The van der Waals surface area contributed by atoms with Crippen LogP contribution in [0, 0.1) is 0 Å². The van der Waals surface area contributed by atoms with Crippen molar-refractivity contribution in [3.63, 3.8) is 0 Å². The van der Waals surface area contributed by atoms with Gasteiger partial charge in [0.05, 0.1) is 5.69 Å². The number of nitrogen functional groups attached to an aromatic ring is 1. The first-order chi connectivity index (χ1) is 7.18. The lowest BCUT2D eigenvalue weighted by molar-refractivity contribution is -0.118. The molecule has 0 saturated carbocycles. The van der Waals surface area contributed by atoms with E-state index in [4.69, 9.17) is 5.73 Å². The summed E-state index contributed by atoms with van der Waals surface area (Å²) in [6, 6.07) is 3.48. The number of carbonyl (C=O) groups is 1. The maximum Gasteiger partial charge on any atom is 0.216 e. The zero-order valence-corrected chi connectivity index (χ0v) is 8.60. The first kappa shape index (κ1) is 11.2. The molecule has 5 nitrogen and oxygen atoms in total. The van der Waals surface area contributed by atoms with Crippen LogP contribution in [0.4, 0.5) is 5.82 Å². The molecule has 3 N–H and O–H groups in total. The molecule has 1 amide bonds. The SMILES string of the molecule is CC(=O)NCCC=Cc1ccc(N)nn1. The van der Waals surface area contributed by atoms with Gasteiger partial charge >= 0.3 is 0 Å². The number of hydrogen-bond acceptors (Lipinski definition) is 4. The number of nitrogens with zero attached hydrogens (tertiary/aromatic N) is 2. The Morgan fingerprint density at radius 1 is 1.53 bits per heavy atom. The van der Waals surface area contributed by atoms with Gasteiger partial charge in [0.1, 0.15) is 5.82 Å². The summed E-state index contributed by atoms with van der Waals surface area (Å²) in [5, 5.41) is 10.3. The fraction of sp³-hybridized carbons (Fsp3) is 0.300. The Labute approximate surface area is 88.4 Å². The first-order valence-corrected chi connectivity index (χ1v) is 4.68. The lowest BCUT2D eigenvalue weighted by Crippen LogP contribution is -2.20. The van der Waals surface area contributed by atoms with E-state index in [1.165, 1.54) is 6.92 Å². The second kappa shape index (κ2) is 5.74. The van der Waals surface area contributed by atoms with Gasteiger partial charge in [-0.05, 0) is 24.6 Å². The molecular formula is C10H14N4O. The van der Waals surface area contributed by atoms with Gasteiger partial charge in [-0.25, -0.2) is 0 Å². The third-order valence-electron chi connectivity index (χ3n) is 1.68. The predicted octanol–water partition coefficient (Wildman–Crippen LogP) is 0.598. The van der Waals surface area contributed by atoms with E-state index in [1.54, 1.807) is 12.1 Å². The minimum Gasteiger partial charge on any atom is -0.382 e. The van der Waals surface area contributed by atoms with Crippen LogP contribution < -0.4 is 11.1 Å². The monoisotopic (exact) mass is 206 g/mol. The smallest absolute Gasteiger partial charge is 0.216 e. The van der Waals surface area contributed by atoms with E-state index in [1.807, 2.05) is 12.2 Å². The number of nitrogens with one attached hydrogen (secondary N) is 1. The first-order valence-electron chi connectivity index (χ1n) is 4.68. The Hall–Kier alpha value is -1.91. The fourth-order valence-corrected chi connectivity index (χ4v) is 0.977. The molecule has 0 aliphatic rings. The number of nitrogens with two attached hydrogens (primary N) is 1. The van der Waals surface area contributed by atoms with Crippen LogP contribution in [0.25, 0.3) is 6.08 Å². The average Bonchev–Trinajstić information content (AvgIpc) is 2.20. The molecule has 1 aromatic rings. The normalized spacial score (nSPS) is 10.5. The van der Waals surface area contributed by atoms with Gasteiger partial charge in [0.25, 0.3) is 0 Å². The molecule has 1 aromatic heterocycles. The third kappa shape index (κ3) is 4.75. The molecule has 0 aromatic carbocycles. The van der Waals surface area contributed by atoms with Crippen molar-refractivity contribution in [1.82, 2.24) is 15.5 Å². The van der Waals surface area contributed by atoms with Crippen molar-refractivity contribution in [2.24, 2.45) is 0 Å². The van der Waals surface area contributed by atoms with Crippen molar-refractivity contribution in [3.05, 3.63) is 23.9 Å². The van der Waals surface area contributed by atoms with E-state index >= 15 is 0 Å². The summed E-state index contributed by atoms with van der Waals surface area (Å²) in [6.45, 7) is 2.13. The van der Waals surface area contributed by atoms with Crippen LogP contribution in [0.2, 0.25) is 0 Å². The lowest BCUT2D eigenvalue weighted by atomic mass is 10.3. The molecule has 5 heteroatoms. The summed E-state index contributed by atoms with van der Waals surface area (Å²) in [5.74, 6) is 0.390. The van der Waals surface area contributed by atoms with Crippen molar-refractivity contribution in [2.75, 3.05) is 12.3 Å². The summed E-state index contributed by atoms with van der Waals surface area (Å²) in [4.78, 5) is 10.5. The zero-order valence-electron chi connectivity index (χ0n) is 8.60. The zero-order chi connectivity index (χ0) is 11.1. The molecule has 80 valence electrons. The Kier molecular flexibility index (Phi) is 4.28. The van der Waals surface area contributed by atoms with E-state index in [0.717, 1.165) is 12.1 Å². The van der Waals surface area contributed by atoms with Crippen LogP contribution in [-0.4, -0.2) is 22.6 Å². The van der Waals surface area contributed by atoms with Crippen LogP contribution in [0.15, 0.2) is 18.2 Å². The van der Waals surface area contributed by atoms with Crippen LogP contribution in [0.1, 0.15) is 19.0 Å². The van der Waals surface area contributed by atoms with Gasteiger partial charge in [0, 0.05) is 13.5 Å². The molecule has 0 radical (unpaired) electrons. The molecule has 15 heavy (non-hydrogen) atoms. The van der Waals surface area contributed by atoms with Gasteiger partial charge in [0.2, 0.25) is 5.91 Å². The number of amides is 1.